The molecule has 8 heteroatoms. The lowest BCUT2D eigenvalue weighted by molar-refractivity contribution is 0.340. The number of imidazole rings is 1. The molecule has 0 saturated heterocycles. The van der Waals surface area contributed by atoms with Gasteiger partial charge >= 0.3 is 0 Å². The fraction of sp³-hybridized carbons (Fsp3) is 0.308. The highest BCUT2D eigenvalue weighted by Gasteiger charge is 2.17. The van der Waals surface area contributed by atoms with Crippen molar-refractivity contribution in [1.29, 1.82) is 0 Å². The Labute approximate surface area is 128 Å². The van der Waals surface area contributed by atoms with Gasteiger partial charge in [0.05, 0.1) is 23.5 Å². The third-order valence-corrected chi connectivity index (χ3v) is 4.30. The minimum absolute atomic E-state index is 0.0179. The lowest BCUT2D eigenvalue weighted by Gasteiger charge is -2.09. The number of aromatic nitrogens is 2. The van der Waals surface area contributed by atoms with E-state index >= 15 is 0 Å². The fourth-order valence-corrected chi connectivity index (χ4v) is 2.93. The molecule has 2 N–H and O–H groups in total. The topological polar surface area (TPSA) is 84.1 Å². The lowest BCUT2D eigenvalue weighted by Crippen LogP contribution is -2.13. The molecule has 0 aliphatic carbocycles. The first-order valence-electron chi connectivity index (χ1n) is 6.45. The maximum Gasteiger partial charge on any atom is 0.278 e. The number of nitrogens with zero attached hydrogens (tertiary/aromatic N) is 1. The zero-order valence-corrected chi connectivity index (χ0v) is 13.3. The number of aryl methyl sites for hydroxylation is 1. The molecule has 114 valence electrons. The Morgan fingerprint density at radius 3 is 2.71 bits per heavy atom. The zero-order chi connectivity index (χ0) is 15.5. The molecular formula is C13H16ClN3O3S. The smallest absolute Gasteiger partial charge is 0.278 e. The summed E-state index contributed by atoms with van der Waals surface area (Å²) in [6.07, 6.45) is 1.92. The monoisotopic (exact) mass is 329 g/mol. The van der Waals surface area contributed by atoms with Gasteiger partial charge in [-0.1, -0.05) is 18.5 Å². The van der Waals surface area contributed by atoms with E-state index in [0.717, 1.165) is 0 Å². The van der Waals surface area contributed by atoms with E-state index in [9.17, 15) is 8.42 Å². The van der Waals surface area contributed by atoms with Crippen LogP contribution >= 0.6 is 11.6 Å². The molecule has 6 nitrogen and oxygen atoms in total. The molecule has 0 fully saturated rings. The number of anilines is 1. The number of hydrogen-bond acceptors (Lipinski definition) is 4. The summed E-state index contributed by atoms with van der Waals surface area (Å²) in [5, 5.41) is 0.361. The Morgan fingerprint density at radius 1 is 1.38 bits per heavy atom. The van der Waals surface area contributed by atoms with Gasteiger partial charge in [-0.3, -0.25) is 4.72 Å². The molecule has 21 heavy (non-hydrogen) atoms. The highest BCUT2D eigenvalue weighted by atomic mass is 35.5. The number of H-pyrrole nitrogens is 1. The van der Waals surface area contributed by atoms with Crippen molar-refractivity contribution in [1.82, 2.24) is 9.97 Å². The van der Waals surface area contributed by atoms with Crippen molar-refractivity contribution in [2.24, 2.45) is 0 Å². The SMILES string of the molecule is CCOc1ccc(NS(=O)(=O)c2cnc(CC)[nH]2)cc1Cl. The average molecular weight is 330 g/mol. The summed E-state index contributed by atoms with van der Waals surface area (Å²) in [6.45, 7) is 4.21. The molecule has 2 rings (SSSR count). The summed E-state index contributed by atoms with van der Waals surface area (Å²) < 4.78 is 32.1. The molecule has 0 aliphatic heterocycles. The summed E-state index contributed by atoms with van der Waals surface area (Å²) in [5.74, 6) is 1.12. The van der Waals surface area contributed by atoms with Crippen LogP contribution < -0.4 is 9.46 Å². The third kappa shape index (κ3) is 3.68. The molecule has 0 aliphatic rings. The minimum Gasteiger partial charge on any atom is -0.492 e. The Hall–Kier alpha value is -1.73. The van der Waals surface area contributed by atoms with E-state index in [2.05, 4.69) is 14.7 Å². The van der Waals surface area contributed by atoms with Crippen LogP contribution in [0.5, 0.6) is 5.75 Å². The van der Waals surface area contributed by atoms with E-state index in [4.69, 9.17) is 16.3 Å². The highest BCUT2D eigenvalue weighted by Crippen LogP contribution is 2.28. The van der Waals surface area contributed by atoms with Gasteiger partial charge in [-0.2, -0.15) is 8.42 Å². The number of hydrogen-bond donors (Lipinski definition) is 2. The van der Waals surface area contributed by atoms with Crippen molar-refractivity contribution in [2.45, 2.75) is 25.3 Å². The van der Waals surface area contributed by atoms with Crippen LogP contribution in [-0.4, -0.2) is 25.0 Å². The predicted molar refractivity (Wildman–Crippen MR) is 81.4 cm³/mol. The van der Waals surface area contributed by atoms with E-state index in [1.165, 1.54) is 12.3 Å². The van der Waals surface area contributed by atoms with Gasteiger partial charge < -0.3 is 9.72 Å². The predicted octanol–water partition coefficient (Wildman–Crippen LogP) is 2.83. The largest absolute Gasteiger partial charge is 0.492 e. The summed E-state index contributed by atoms with van der Waals surface area (Å²) in [6, 6.07) is 4.71. The van der Waals surface area contributed by atoms with Crippen LogP contribution in [0, 0.1) is 0 Å². The first-order chi connectivity index (χ1) is 9.96. The van der Waals surface area contributed by atoms with Crippen molar-refractivity contribution >= 4 is 27.3 Å². The fourth-order valence-electron chi connectivity index (χ4n) is 1.71. The molecule has 0 radical (unpaired) electrons. The molecule has 0 saturated carbocycles. The molecule has 1 heterocycles. The number of aromatic amines is 1. The van der Waals surface area contributed by atoms with Crippen LogP contribution in [0.4, 0.5) is 5.69 Å². The Kier molecular flexibility index (Phi) is 4.74. The van der Waals surface area contributed by atoms with Crippen molar-refractivity contribution in [3.8, 4) is 5.75 Å². The summed E-state index contributed by atoms with van der Waals surface area (Å²) in [7, 11) is -3.71. The van der Waals surface area contributed by atoms with E-state index < -0.39 is 10.0 Å². The molecular weight excluding hydrogens is 314 g/mol. The second-order valence-corrected chi connectivity index (χ2v) is 6.29. The third-order valence-electron chi connectivity index (χ3n) is 2.71. The number of benzene rings is 1. The number of ether oxygens (including phenoxy) is 1. The van der Waals surface area contributed by atoms with Crippen LogP contribution in [0.25, 0.3) is 0 Å². The van der Waals surface area contributed by atoms with Crippen LogP contribution in [0.15, 0.2) is 29.4 Å². The molecule has 0 bridgehead atoms. The quantitative estimate of drug-likeness (QED) is 0.853. The van der Waals surface area contributed by atoms with Gasteiger partial charge in [0.1, 0.15) is 11.6 Å². The Balaban J connectivity index is 2.22. The second-order valence-electron chi connectivity index (χ2n) is 4.23. The lowest BCUT2D eigenvalue weighted by atomic mass is 10.3. The molecule has 0 amide bonds. The first-order valence-corrected chi connectivity index (χ1v) is 8.31. The van der Waals surface area contributed by atoms with Gasteiger partial charge in [0.15, 0.2) is 5.03 Å². The molecule has 0 spiro atoms. The van der Waals surface area contributed by atoms with Crippen molar-refractivity contribution < 1.29 is 13.2 Å². The molecule has 2 aromatic rings. The number of rotatable bonds is 6. The van der Waals surface area contributed by atoms with Gasteiger partial charge in [-0.25, -0.2) is 4.98 Å². The van der Waals surface area contributed by atoms with Crippen molar-refractivity contribution in [3.05, 3.63) is 35.2 Å². The first kappa shape index (κ1) is 15.7. The maximum absolute atomic E-state index is 12.2. The highest BCUT2D eigenvalue weighted by molar-refractivity contribution is 7.92. The van der Waals surface area contributed by atoms with E-state index in [1.807, 2.05) is 13.8 Å². The number of sulfonamides is 1. The van der Waals surface area contributed by atoms with Crippen molar-refractivity contribution in [3.63, 3.8) is 0 Å². The van der Waals surface area contributed by atoms with E-state index in [0.29, 0.717) is 35.3 Å². The number of nitrogens with one attached hydrogen (secondary N) is 2. The van der Waals surface area contributed by atoms with Gasteiger partial charge in [-0.15, -0.1) is 0 Å². The van der Waals surface area contributed by atoms with E-state index in [1.54, 1.807) is 12.1 Å². The average Bonchev–Trinajstić information content (AvgIpc) is 2.91. The molecule has 0 atom stereocenters. The minimum atomic E-state index is -3.71. The summed E-state index contributed by atoms with van der Waals surface area (Å²) in [5.41, 5.74) is 0.358. The Bertz CT molecular complexity index is 728. The molecule has 0 unspecified atom stereocenters. The van der Waals surface area contributed by atoms with Crippen LogP contribution in [0.2, 0.25) is 5.02 Å². The molecule has 1 aromatic carbocycles. The van der Waals surface area contributed by atoms with Crippen LogP contribution in [-0.2, 0) is 16.4 Å². The molecule has 1 aromatic heterocycles. The zero-order valence-electron chi connectivity index (χ0n) is 11.7. The maximum atomic E-state index is 12.2. The normalized spacial score (nSPS) is 11.4. The summed E-state index contributed by atoms with van der Waals surface area (Å²) in [4.78, 5) is 6.73. The second kappa shape index (κ2) is 6.36. The van der Waals surface area contributed by atoms with Gasteiger partial charge in [0, 0.05) is 6.42 Å². The number of halogens is 1. The van der Waals surface area contributed by atoms with Crippen molar-refractivity contribution in [2.75, 3.05) is 11.3 Å². The van der Waals surface area contributed by atoms with Crippen LogP contribution in [0.1, 0.15) is 19.7 Å². The van der Waals surface area contributed by atoms with E-state index in [-0.39, 0.29) is 5.03 Å². The van der Waals surface area contributed by atoms with Gasteiger partial charge in [0.2, 0.25) is 0 Å². The van der Waals surface area contributed by atoms with Gasteiger partial charge in [0.25, 0.3) is 10.0 Å². The standard InChI is InChI=1S/C13H16ClN3O3S/c1-3-12-15-8-13(16-12)21(18,19)17-9-5-6-11(20-4-2)10(14)7-9/h5-8,17H,3-4H2,1-2H3,(H,15,16). The Morgan fingerprint density at radius 2 is 2.14 bits per heavy atom. The van der Waals surface area contributed by atoms with Gasteiger partial charge in [-0.05, 0) is 25.1 Å². The van der Waals surface area contributed by atoms with Crippen LogP contribution in [0.3, 0.4) is 0 Å². The summed E-state index contributed by atoms with van der Waals surface area (Å²) >= 11 is 6.03.